The number of carboxylic acid groups (broad SMARTS) is 1. The van der Waals surface area contributed by atoms with Gasteiger partial charge in [-0.2, -0.15) is 0 Å². The maximum atomic E-state index is 10.5. The molecule has 0 fully saturated rings. The lowest BCUT2D eigenvalue weighted by Crippen LogP contribution is -1.94. The summed E-state index contributed by atoms with van der Waals surface area (Å²) in [5.74, 6) is -0.765. The first-order valence-electron chi connectivity index (χ1n) is 6.29. The zero-order chi connectivity index (χ0) is 14.0. The third-order valence-electron chi connectivity index (χ3n) is 2.71. The summed E-state index contributed by atoms with van der Waals surface area (Å²) in [7, 11) is 0. The van der Waals surface area contributed by atoms with Crippen molar-refractivity contribution in [1.29, 1.82) is 0 Å². The van der Waals surface area contributed by atoms with Crippen molar-refractivity contribution >= 4 is 5.97 Å². The highest BCUT2D eigenvalue weighted by molar-refractivity contribution is 5.69. The van der Waals surface area contributed by atoms with Gasteiger partial charge in [0.1, 0.15) is 0 Å². The fourth-order valence-corrected chi connectivity index (χ4v) is 1.57. The molecule has 0 spiro atoms. The first-order chi connectivity index (χ1) is 8.45. The number of aliphatic carboxylic acids is 1. The van der Waals surface area contributed by atoms with E-state index in [1.807, 2.05) is 13.0 Å². The van der Waals surface area contributed by atoms with Gasteiger partial charge in [0.05, 0.1) is 6.42 Å². The SMILES string of the molecule is C=CC(=C)CCC=C(C)CCC=C(C)CC(=O)O. The van der Waals surface area contributed by atoms with E-state index in [0.29, 0.717) is 0 Å². The van der Waals surface area contributed by atoms with Gasteiger partial charge in [-0.1, -0.05) is 48.1 Å². The number of allylic oxidation sites excluding steroid dienone is 5. The fourth-order valence-electron chi connectivity index (χ4n) is 1.57. The molecule has 18 heavy (non-hydrogen) atoms. The molecule has 0 rings (SSSR count). The summed E-state index contributed by atoms with van der Waals surface area (Å²) < 4.78 is 0. The summed E-state index contributed by atoms with van der Waals surface area (Å²) in [4.78, 5) is 10.5. The maximum absolute atomic E-state index is 10.5. The molecule has 2 heteroatoms. The van der Waals surface area contributed by atoms with Gasteiger partial charge < -0.3 is 5.11 Å². The quantitative estimate of drug-likeness (QED) is 0.476. The third kappa shape index (κ3) is 9.64. The highest BCUT2D eigenvalue weighted by Gasteiger charge is 1.97. The van der Waals surface area contributed by atoms with Crippen LogP contribution in [-0.2, 0) is 4.79 Å². The van der Waals surface area contributed by atoms with E-state index >= 15 is 0 Å². The van der Waals surface area contributed by atoms with Crippen LogP contribution in [0.25, 0.3) is 0 Å². The molecule has 1 N–H and O–H groups in total. The van der Waals surface area contributed by atoms with Crippen LogP contribution in [0.5, 0.6) is 0 Å². The number of hydrogen-bond donors (Lipinski definition) is 1. The van der Waals surface area contributed by atoms with Crippen LogP contribution < -0.4 is 0 Å². The predicted molar refractivity (Wildman–Crippen MR) is 77.6 cm³/mol. The first-order valence-corrected chi connectivity index (χ1v) is 6.29. The lowest BCUT2D eigenvalue weighted by Gasteiger charge is -2.01. The maximum Gasteiger partial charge on any atom is 0.307 e. The van der Waals surface area contributed by atoms with Crippen molar-refractivity contribution in [2.45, 2.75) is 46.0 Å². The van der Waals surface area contributed by atoms with Crippen molar-refractivity contribution in [3.8, 4) is 0 Å². The molecule has 0 saturated heterocycles. The highest BCUT2D eigenvalue weighted by Crippen LogP contribution is 2.11. The van der Waals surface area contributed by atoms with Crippen LogP contribution in [0.2, 0.25) is 0 Å². The summed E-state index contributed by atoms with van der Waals surface area (Å²) in [6.07, 6.45) is 10.00. The minimum Gasteiger partial charge on any atom is -0.481 e. The molecule has 0 aromatic carbocycles. The highest BCUT2D eigenvalue weighted by atomic mass is 16.4. The van der Waals surface area contributed by atoms with Gasteiger partial charge >= 0.3 is 5.97 Å². The minimum absolute atomic E-state index is 0.141. The molecule has 2 nitrogen and oxygen atoms in total. The molecule has 0 aromatic rings. The summed E-state index contributed by atoms with van der Waals surface area (Å²) in [6, 6.07) is 0. The molecule has 0 aromatic heterocycles. The molecule has 100 valence electrons. The van der Waals surface area contributed by atoms with Crippen LogP contribution in [0.1, 0.15) is 46.0 Å². The Kier molecular flexibility index (Phi) is 8.63. The van der Waals surface area contributed by atoms with E-state index in [2.05, 4.69) is 26.2 Å². The molecule has 0 saturated carbocycles. The smallest absolute Gasteiger partial charge is 0.307 e. The van der Waals surface area contributed by atoms with Crippen LogP contribution in [0.4, 0.5) is 0 Å². The minimum atomic E-state index is -0.765. The second-order valence-corrected chi connectivity index (χ2v) is 4.61. The van der Waals surface area contributed by atoms with Gasteiger partial charge in [0.15, 0.2) is 0 Å². The molecular formula is C16H24O2. The Morgan fingerprint density at radius 2 is 1.67 bits per heavy atom. The molecule has 0 aliphatic heterocycles. The number of hydrogen-bond acceptors (Lipinski definition) is 1. The predicted octanol–water partition coefficient (Wildman–Crippen LogP) is 4.66. The molecular weight excluding hydrogens is 224 g/mol. The van der Waals surface area contributed by atoms with Crippen LogP contribution >= 0.6 is 0 Å². The van der Waals surface area contributed by atoms with Gasteiger partial charge in [0, 0.05) is 0 Å². The van der Waals surface area contributed by atoms with Gasteiger partial charge in [-0.15, -0.1) is 0 Å². The van der Waals surface area contributed by atoms with E-state index in [1.165, 1.54) is 5.57 Å². The van der Waals surface area contributed by atoms with Gasteiger partial charge in [-0.25, -0.2) is 0 Å². The lowest BCUT2D eigenvalue weighted by molar-refractivity contribution is -0.136. The van der Waals surface area contributed by atoms with Crippen LogP contribution in [0, 0.1) is 0 Å². The lowest BCUT2D eigenvalue weighted by atomic mass is 10.1. The second kappa shape index (κ2) is 9.46. The Morgan fingerprint density at radius 3 is 2.22 bits per heavy atom. The van der Waals surface area contributed by atoms with Crippen molar-refractivity contribution in [3.63, 3.8) is 0 Å². The van der Waals surface area contributed by atoms with Crippen LogP contribution in [0.3, 0.4) is 0 Å². The average molecular weight is 248 g/mol. The third-order valence-corrected chi connectivity index (χ3v) is 2.71. The molecule has 0 bridgehead atoms. The van der Waals surface area contributed by atoms with Crippen molar-refractivity contribution in [3.05, 3.63) is 48.1 Å². The molecule has 0 heterocycles. The molecule has 0 unspecified atom stereocenters. The fraction of sp³-hybridized carbons (Fsp3) is 0.438. The molecule has 0 radical (unpaired) electrons. The second-order valence-electron chi connectivity index (χ2n) is 4.61. The van der Waals surface area contributed by atoms with E-state index in [4.69, 9.17) is 5.11 Å². The summed E-state index contributed by atoms with van der Waals surface area (Å²) in [5.41, 5.74) is 3.33. The standard InChI is InChI=1S/C16H24O2/c1-5-13(2)8-6-9-14(3)10-7-11-15(4)12-16(17)18/h5,9,11H,1-2,6-8,10,12H2,3-4H3,(H,17,18). The van der Waals surface area contributed by atoms with Gasteiger partial charge in [-0.3, -0.25) is 4.79 Å². The Morgan fingerprint density at radius 1 is 1.11 bits per heavy atom. The molecule has 0 aliphatic rings. The topological polar surface area (TPSA) is 37.3 Å². The zero-order valence-corrected chi connectivity index (χ0v) is 11.5. The van der Waals surface area contributed by atoms with Crippen molar-refractivity contribution in [1.82, 2.24) is 0 Å². The Balaban J connectivity index is 3.91. The first kappa shape index (κ1) is 16.4. The van der Waals surface area contributed by atoms with E-state index in [-0.39, 0.29) is 6.42 Å². The van der Waals surface area contributed by atoms with Crippen molar-refractivity contribution in [2.75, 3.05) is 0 Å². The van der Waals surface area contributed by atoms with E-state index in [0.717, 1.165) is 36.8 Å². The molecule has 0 amide bonds. The van der Waals surface area contributed by atoms with Gasteiger partial charge in [-0.05, 0) is 39.5 Å². The largest absolute Gasteiger partial charge is 0.481 e. The molecule has 0 aliphatic carbocycles. The summed E-state index contributed by atoms with van der Waals surface area (Å²) in [6.45, 7) is 11.5. The Hall–Kier alpha value is -1.57. The van der Waals surface area contributed by atoms with Gasteiger partial charge in [0.2, 0.25) is 0 Å². The normalized spacial score (nSPS) is 12.3. The number of carbonyl (C=O) groups is 1. The van der Waals surface area contributed by atoms with Crippen molar-refractivity contribution in [2.24, 2.45) is 0 Å². The van der Waals surface area contributed by atoms with Crippen molar-refractivity contribution < 1.29 is 9.90 Å². The van der Waals surface area contributed by atoms with E-state index in [9.17, 15) is 4.79 Å². The van der Waals surface area contributed by atoms with E-state index < -0.39 is 5.97 Å². The number of rotatable bonds is 9. The Bertz CT molecular complexity index is 359. The monoisotopic (exact) mass is 248 g/mol. The van der Waals surface area contributed by atoms with Crippen LogP contribution in [0.15, 0.2) is 48.1 Å². The summed E-state index contributed by atoms with van der Waals surface area (Å²) in [5, 5.41) is 8.62. The summed E-state index contributed by atoms with van der Waals surface area (Å²) >= 11 is 0. The number of carboxylic acids is 1. The van der Waals surface area contributed by atoms with E-state index in [1.54, 1.807) is 6.08 Å². The van der Waals surface area contributed by atoms with Gasteiger partial charge in [0.25, 0.3) is 0 Å². The van der Waals surface area contributed by atoms with Crippen LogP contribution in [-0.4, -0.2) is 11.1 Å². The Labute approximate surface area is 110 Å². The molecule has 0 atom stereocenters. The average Bonchev–Trinajstić information content (AvgIpc) is 2.27. The zero-order valence-electron chi connectivity index (χ0n) is 11.5.